The lowest BCUT2D eigenvalue weighted by atomic mass is 9.91. The summed E-state index contributed by atoms with van der Waals surface area (Å²) in [5, 5.41) is 11.6. The topological polar surface area (TPSA) is 77.1 Å². The van der Waals surface area contributed by atoms with Gasteiger partial charge in [-0.05, 0) is 18.2 Å². The fraction of sp³-hybridized carbons (Fsp3) is 0.273. The van der Waals surface area contributed by atoms with E-state index in [0.717, 1.165) is 6.07 Å². The van der Waals surface area contributed by atoms with Gasteiger partial charge in [0.15, 0.2) is 17.2 Å². The van der Waals surface area contributed by atoms with Gasteiger partial charge in [0, 0.05) is 39.4 Å². The van der Waals surface area contributed by atoms with E-state index in [1.807, 2.05) is 0 Å². The third-order valence-corrected chi connectivity index (χ3v) is 5.69. The summed E-state index contributed by atoms with van der Waals surface area (Å²) in [6.45, 7) is 5.52. The van der Waals surface area contributed by atoms with Crippen LogP contribution in [0.15, 0.2) is 42.6 Å². The Morgan fingerprint density at radius 3 is 2.35 bits per heavy atom. The van der Waals surface area contributed by atoms with Crippen molar-refractivity contribution in [1.29, 1.82) is 0 Å². The normalized spacial score (nSPS) is 12.4. The predicted octanol–water partition coefficient (Wildman–Crippen LogP) is 5.85. The van der Waals surface area contributed by atoms with Crippen LogP contribution >= 0.6 is 23.2 Å². The Morgan fingerprint density at radius 2 is 1.74 bits per heavy atom. The molecule has 0 fully saturated rings. The zero-order valence-electron chi connectivity index (χ0n) is 18.3. The third kappa shape index (κ3) is 4.88. The van der Waals surface area contributed by atoms with E-state index < -0.39 is 23.2 Å². The Labute approximate surface area is 202 Å². The Bertz CT molecular complexity index is 1370. The number of fused-ring (bicyclic) bond motifs is 1. The molecule has 12 heteroatoms. The molecular weight excluding hydrogens is 492 g/mol. The van der Waals surface area contributed by atoms with Gasteiger partial charge in [-0.3, -0.25) is 9.48 Å². The van der Waals surface area contributed by atoms with E-state index in [0.29, 0.717) is 20.1 Å². The van der Waals surface area contributed by atoms with Crippen molar-refractivity contribution in [3.8, 4) is 0 Å². The smallest absolute Gasteiger partial charge is 0.304 e. The Balaban J connectivity index is 1.60. The van der Waals surface area contributed by atoms with Gasteiger partial charge in [0.25, 0.3) is 5.91 Å². The molecule has 4 aromatic rings. The summed E-state index contributed by atoms with van der Waals surface area (Å²) in [7, 11) is 0. The van der Waals surface area contributed by atoms with Gasteiger partial charge >= 0.3 is 6.18 Å². The van der Waals surface area contributed by atoms with Crippen molar-refractivity contribution < 1.29 is 18.0 Å². The number of hydrogen-bond donors (Lipinski definition) is 1. The molecule has 0 bridgehead atoms. The lowest BCUT2D eigenvalue weighted by Gasteiger charge is -2.19. The molecule has 0 saturated carbocycles. The van der Waals surface area contributed by atoms with E-state index in [1.54, 1.807) is 45.2 Å². The minimum absolute atomic E-state index is 0.0798. The number of carbonyl (C=O) groups is 1. The van der Waals surface area contributed by atoms with Crippen LogP contribution in [0.1, 0.15) is 48.2 Å². The summed E-state index contributed by atoms with van der Waals surface area (Å²) < 4.78 is 43.1. The van der Waals surface area contributed by atoms with Gasteiger partial charge in [0.2, 0.25) is 0 Å². The van der Waals surface area contributed by atoms with Gasteiger partial charge in [-0.15, -0.1) is 0 Å². The number of rotatable bonds is 4. The highest BCUT2D eigenvalue weighted by atomic mass is 35.5. The number of benzene rings is 1. The van der Waals surface area contributed by atoms with E-state index in [2.05, 4.69) is 20.5 Å². The number of nitrogens with zero attached hydrogens (tertiary/aromatic N) is 5. The fourth-order valence-corrected chi connectivity index (χ4v) is 3.73. The van der Waals surface area contributed by atoms with Gasteiger partial charge in [0.1, 0.15) is 5.69 Å². The summed E-state index contributed by atoms with van der Waals surface area (Å²) in [5.74, 6) is -0.540. The van der Waals surface area contributed by atoms with E-state index in [4.69, 9.17) is 23.2 Å². The molecule has 3 aromatic heterocycles. The fourth-order valence-electron chi connectivity index (χ4n) is 3.21. The second-order valence-electron chi connectivity index (χ2n) is 8.63. The highest BCUT2D eigenvalue weighted by molar-refractivity contribution is 6.35. The van der Waals surface area contributed by atoms with Crippen LogP contribution in [-0.4, -0.2) is 30.3 Å². The molecule has 1 amide bonds. The molecule has 178 valence electrons. The van der Waals surface area contributed by atoms with Crippen LogP contribution in [0.4, 0.5) is 19.0 Å². The summed E-state index contributed by atoms with van der Waals surface area (Å²) >= 11 is 12.4. The van der Waals surface area contributed by atoms with Gasteiger partial charge < -0.3 is 5.32 Å². The van der Waals surface area contributed by atoms with Gasteiger partial charge in [-0.1, -0.05) is 50.0 Å². The molecule has 7 nitrogen and oxygen atoms in total. The first-order valence-corrected chi connectivity index (χ1v) is 10.8. The molecule has 34 heavy (non-hydrogen) atoms. The molecule has 0 aliphatic heterocycles. The summed E-state index contributed by atoms with van der Waals surface area (Å²) in [6, 6.07) is 8.82. The van der Waals surface area contributed by atoms with Gasteiger partial charge in [-0.25, -0.2) is 9.50 Å². The average Bonchev–Trinajstić information content (AvgIpc) is 3.35. The summed E-state index contributed by atoms with van der Waals surface area (Å²) in [6.07, 6.45) is -3.07. The Morgan fingerprint density at radius 1 is 1.06 bits per heavy atom. The maximum Gasteiger partial charge on any atom is 0.433 e. The van der Waals surface area contributed by atoms with Gasteiger partial charge in [-0.2, -0.15) is 23.4 Å². The molecular formula is C22H19Cl2F3N6O. The largest absolute Gasteiger partial charge is 0.433 e. The molecule has 1 N–H and O–H groups in total. The van der Waals surface area contributed by atoms with E-state index in [1.165, 1.54) is 16.8 Å². The SMILES string of the molecule is CC(C)(C)c1cc(C(F)(F)F)n2nc(C(=O)Nc3ccn(Cc4c(Cl)cccc4Cl)n3)cc2n1. The van der Waals surface area contributed by atoms with E-state index in [-0.39, 0.29) is 29.4 Å². The number of halogens is 5. The first-order valence-electron chi connectivity index (χ1n) is 10.1. The number of hydrogen-bond acceptors (Lipinski definition) is 4. The highest BCUT2D eigenvalue weighted by Crippen LogP contribution is 2.33. The third-order valence-electron chi connectivity index (χ3n) is 4.98. The summed E-state index contributed by atoms with van der Waals surface area (Å²) in [4.78, 5) is 17.0. The first-order chi connectivity index (χ1) is 15.8. The molecule has 0 saturated heterocycles. The van der Waals surface area contributed by atoms with Crippen molar-refractivity contribution >= 4 is 40.6 Å². The number of alkyl halides is 3. The maximum absolute atomic E-state index is 13.7. The standard InChI is InChI=1S/C22H19Cl2F3N6O/c1-21(2,3)16-10-17(22(25,26)27)33-19(28-16)9-15(30-33)20(34)29-18-7-8-32(31-18)11-12-13(23)5-4-6-14(12)24/h4-10H,11H2,1-3H3,(H,29,31,34). The Hall–Kier alpha value is -3.11. The number of amides is 1. The van der Waals surface area contributed by atoms with Crippen LogP contribution in [0.25, 0.3) is 5.65 Å². The number of aromatic nitrogens is 5. The van der Waals surface area contributed by atoms with Crippen LogP contribution in [0.5, 0.6) is 0 Å². The van der Waals surface area contributed by atoms with E-state index >= 15 is 0 Å². The van der Waals surface area contributed by atoms with Crippen molar-refractivity contribution in [2.45, 2.75) is 38.9 Å². The Kier molecular flexibility index (Phi) is 6.07. The van der Waals surface area contributed by atoms with Crippen LogP contribution in [0.3, 0.4) is 0 Å². The molecule has 0 aliphatic rings. The molecule has 0 atom stereocenters. The first kappa shape index (κ1) is 24.0. The molecule has 0 radical (unpaired) electrons. The van der Waals surface area contributed by atoms with Crippen LogP contribution in [0, 0.1) is 0 Å². The molecule has 3 heterocycles. The van der Waals surface area contributed by atoms with Crippen molar-refractivity contribution in [2.24, 2.45) is 0 Å². The van der Waals surface area contributed by atoms with Crippen LogP contribution in [-0.2, 0) is 18.1 Å². The predicted molar refractivity (Wildman–Crippen MR) is 122 cm³/mol. The highest BCUT2D eigenvalue weighted by Gasteiger charge is 2.36. The zero-order valence-corrected chi connectivity index (χ0v) is 19.8. The number of anilines is 1. The van der Waals surface area contributed by atoms with Crippen molar-refractivity contribution in [2.75, 3.05) is 5.32 Å². The lowest BCUT2D eigenvalue weighted by Crippen LogP contribution is -2.20. The molecule has 4 rings (SSSR count). The monoisotopic (exact) mass is 510 g/mol. The second kappa shape index (κ2) is 8.59. The van der Waals surface area contributed by atoms with E-state index in [9.17, 15) is 18.0 Å². The number of carbonyl (C=O) groups excluding carboxylic acids is 1. The molecule has 1 aromatic carbocycles. The quantitative estimate of drug-likeness (QED) is 0.373. The van der Waals surface area contributed by atoms with Crippen LogP contribution in [0.2, 0.25) is 10.0 Å². The van der Waals surface area contributed by atoms with Crippen molar-refractivity contribution in [3.05, 3.63) is 75.3 Å². The summed E-state index contributed by atoms with van der Waals surface area (Å²) in [5.41, 5.74) is -1.06. The molecule has 0 spiro atoms. The van der Waals surface area contributed by atoms with Crippen LogP contribution < -0.4 is 5.32 Å². The lowest BCUT2D eigenvalue weighted by molar-refractivity contribution is -0.142. The maximum atomic E-state index is 13.7. The van der Waals surface area contributed by atoms with Gasteiger partial charge in [0.05, 0.1) is 12.2 Å². The molecule has 0 aliphatic carbocycles. The second-order valence-corrected chi connectivity index (χ2v) is 9.44. The average molecular weight is 511 g/mol. The minimum Gasteiger partial charge on any atom is -0.304 e. The molecule has 0 unspecified atom stereocenters. The zero-order chi connectivity index (χ0) is 24.8. The number of nitrogens with one attached hydrogen (secondary N) is 1. The van der Waals surface area contributed by atoms with Crippen molar-refractivity contribution in [3.63, 3.8) is 0 Å². The minimum atomic E-state index is -4.68. The van der Waals surface area contributed by atoms with Crippen molar-refractivity contribution in [1.82, 2.24) is 24.4 Å².